The maximum Gasteiger partial charge on any atom is 0.247 e. The summed E-state index contributed by atoms with van der Waals surface area (Å²) in [6.45, 7) is 6.61. The van der Waals surface area contributed by atoms with Gasteiger partial charge in [-0.25, -0.2) is 4.68 Å². The zero-order chi connectivity index (χ0) is 22.2. The van der Waals surface area contributed by atoms with Gasteiger partial charge in [-0.3, -0.25) is 9.59 Å². The highest BCUT2D eigenvalue weighted by atomic mass is 16.5. The standard InChI is InChI=1S/C23H27N5O3/c1-4-14-27(21(29)16-28-20-12-8-7-11-19(20)25-26-28)22(23(30)24-13-15-31-3)18-10-6-5-9-17(18)2/h4-12,22H,1,13-16H2,2-3H3,(H,24,30)/t22-/m1/s1. The van der Waals surface area contributed by atoms with Gasteiger partial charge in [0.1, 0.15) is 18.1 Å². The quantitative estimate of drug-likeness (QED) is 0.401. The number of carbonyl (C=O) groups is 2. The van der Waals surface area contributed by atoms with Gasteiger partial charge >= 0.3 is 0 Å². The summed E-state index contributed by atoms with van der Waals surface area (Å²) in [7, 11) is 1.57. The molecule has 8 nitrogen and oxygen atoms in total. The van der Waals surface area contributed by atoms with Crippen LogP contribution in [0.1, 0.15) is 17.2 Å². The Morgan fingerprint density at radius 2 is 1.97 bits per heavy atom. The number of rotatable bonds is 10. The Morgan fingerprint density at radius 1 is 1.23 bits per heavy atom. The van der Waals surface area contributed by atoms with Crippen LogP contribution in [0.15, 0.2) is 61.2 Å². The number of ether oxygens (including phenoxy) is 1. The predicted octanol–water partition coefficient (Wildman–Crippen LogP) is 2.26. The molecule has 1 N–H and O–H groups in total. The van der Waals surface area contributed by atoms with Crippen LogP contribution >= 0.6 is 0 Å². The maximum absolute atomic E-state index is 13.4. The molecule has 0 bridgehead atoms. The van der Waals surface area contributed by atoms with Gasteiger partial charge in [-0.2, -0.15) is 0 Å². The third kappa shape index (κ3) is 5.16. The van der Waals surface area contributed by atoms with Gasteiger partial charge in [0.05, 0.1) is 12.1 Å². The lowest BCUT2D eigenvalue weighted by molar-refractivity contribution is -0.140. The summed E-state index contributed by atoms with van der Waals surface area (Å²) < 4.78 is 6.59. The second kappa shape index (κ2) is 10.5. The largest absolute Gasteiger partial charge is 0.383 e. The first-order valence-electron chi connectivity index (χ1n) is 10.1. The SMILES string of the molecule is C=CCN(C(=O)Cn1nnc2ccccc21)[C@@H](C(=O)NCCOC)c1ccccc1C. The number of carbonyl (C=O) groups excluding carboxylic acids is 2. The van der Waals surface area contributed by atoms with Gasteiger partial charge in [0, 0.05) is 20.2 Å². The monoisotopic (exact) mass is 421 g/mol. The first kappa shape index (κ1) is 22.2. The van der Waals surface area contributed by atoms with E-state index in [0.717, 1.165) is 16.6 Å². The molecule has 0 radical (unpaired) electrons. The second-order valence-electron chi connectivity index (χ2n) is 7.11. The number of nitrogens with one attached hydrogen (secondary N) is 1. The number of aryl methyl sites for hydroxylation is 1. The molecule has 0 fully saturated rings. The molecule has 0 aliphatic carbocycles. The lowest BCUT2D eigenvalue weighted by Crippen LogP contribution is -2.46. The molecule has 0 aliphatic rings. The van der Waals surface area contributed by atoms with Crippen LogP contribution < -0.4 is 5.32 Å². The average Bonchev–Trinajstić information content (AvgIpc) is 3.17. The number of nitrogens with zero attached hydrogens (tertiary/aromatic N) is 4. The Hall–Kier alpha value is -3.52. The summed E-state index contributed by atoms with van der Waals surface area (Å²) in [5.41, 5.74) is 3.14. The first-order chi connectivity index (χ1) is 15.1. The van der Waals surface area contributed by atoms with Crippen molar-refractivity contribution in [3.05, 3.63) is 72.3 Å². The van der Waals surface area contributed by atoms with Crippen LogP contribution in [-0.4, -0.2) is 58.5 Å². The molecule has 1 atom stereocenters. The summed E-state index contributed by atoms with van der Waals surface area (Å²) in [5.74, 6) is -0.532. The normalized spacial score (nSPS) is 11.8. The molecule has 1 aromatic heterocycles. The Bertz CT molecular complexity index is 1060. The zero-order valence-electron chi connectivity index (χ0n) is 17.8. The van der Waals surface area contributed by atoms with Crippen LogP contribution in [0.5, 0.6) is 0 Å². The molecule has 3 aromatic rings. The van der Waals surface area contributed by atoms with E-state index in [2.05, 4.69) is 22.2 Å². The fourth-order valence-electron chi connectivity index (χ4n) is 3.46. The van der Waals surface area contributed by atoms with Crippen molar-refractivity contribution in [2.45, 2.75) is 19.5 Å². The van der Waals surface area contributed by atoms with E-state index in [4.69, 9.17) is 4.74 Å². The van der Waals surface area contributed by atoms with Crippen molar-refractivity contribution in [1.29, 1.82) is 0 Å². The van der Waals surface area contributed by atoms with Crippen LogP contribution in [-0.2, 0) is 20.9 Å². The van der Waals surface area contributed by atoms with Crippen molar-refractivity contribution in [2.24, 2.45) is 0 Å². The molecular weight excluding hydrogens is 394 g/mol. The topological polar surface area (TPSA) is 89.4 Å². The lowest BCUT2D eigenvalue weighted by atomic mass is 9.98. The van der Waals surface area contributed by atoms with Crippen molar-refractivity contribution in [1.82, 2.24) is 25.2 Å². The first-order valence-corrected chi connectivity index (χ1v) is 10.1. The van der Waals surface area contributed by atoms with Crippen LogP contribution in [0.4, 0.5) is 0 Å². The van der Waals surface area contributed by atoms with E-state index in [1.165, 1.54) is 4.90 Å². The van der Waals surface area contributed by atoms with Crippen LogP contribution in [0.25, 0.3) is 11.0 Å². The van der Waals surface area contributed by atoms with E-state index in [9.17, 15) is 9.59 Å². The van der Waals surface area contributed by atoms with Crippen molar-refractivity contribution >= 4 is 22.8 Å². The fourth-order valence-corrected chi connectivity index (χ4v) is 3.46. The van der Waals surface area contributed by atoms with Crippen LogP contribution in [0.3, 0.4) is 0 Å². The minimum atomic E-state index is -0.807. The van der Waals surface area contributed by atoms with Gasteiger partial charge in [-0.1, -0.05) is 47.7 Å². The van der Waals surface area contributed by atoms with Gasteiger partial charge in [0.25, 0.3) is 0 Å². The molecule has 0 saturated heterocycles. The van der Waals surface area contributed by atoms with E-state index >= 15 is 0 Å². The molecule has 162 valence electrons. The number of hydrogen-bond donors (Lipinski definition) is 1. The Morgan fingerprint density at radius 3 is 2.71 bits per heavy atom. The average molecular weight is 422 g/mol. The number of benzene rings is 2. The highest BCUT2D eigenvalue weighted by Crippen LogP contribution is 2.25. The van der Waals surface area contributed by atoms with Gasteiger partial charge < -0.3 is 15.0 Å². The number of methoxy groups -OCH3 is 1. The van der Waals surface area contributed by atoms with Crippen molar-refractivity contribution < 1.29 is 14.3 Å². The Kier molecular flexibility index (Phi) is 7.50. The lowest BCUT2D eigenvalue weighted by Gasteiger charge is -2.31. The zero-order valence-corrected chi connectivity index (χ0v) is 17.8. The Labute approximate surface area is 181 Å². The van der Waals surface area contributed by atoms with E-state index < -0.39 is 6.04 Å². The van der Waals surface area contributed by atoms with Crippen molar-refractivity contribution in [2.75, 3.05) is 26.8 Å². The minimum Gasteiger partial charge on any atom is -0.383 e. The molecule has 0 saturated carbocycles. The summed E-state index contributed by atoms with van der Waals surface area (Å²) in [4.78, 5) is 28.1. The number of amides is 2. The van der Waals surface area contributed by atoms with Crippen LogP contribution in [0.2, 0.25) is 0 Å². The predicted molar refractivity (Wildman–Crippen MR) is 118 cm³/mol. The molecule has 8 heteroatoms. The number of fused-ring (bicyclic) bond motifs is 1. The van der Waals surface area contributed by atoms with Gasteiger partial charge in [0.15, 0.2) is 0 Å². The summed E-state index contributed by atoms with van der Waals surface area (Å²) >= 11 is 0. The fraction of sp³-hybridized carbons (Fsp3) is 0.304. The molecule has 1 heterocycles. The smallest absolute Gasteiger partial charge is 0.247 e. The number of hydrogen-bond acceptors (Lipinski definition) is 5. The van der Waals surface area contributed by atoms with Crippen LogP contribution in [0, 0.1) is 6.92 Å². The molecule has 0 spiro atoms. The molecule has 2 aromatic carbocycles. The van der Waals surface area contributed by atoms with Gasteiger partial charge in [0.2, 0.25) is 11.8 Å². The van der Waals surface area contributed by atoms with E-state index in [0.29, 0.717) is 18.7 Å². The van der Waals surface area contributed by atoms with E-state index in [1.54, 1.807) is 17.9 Å². The van der Waals surface area contributed by atoms with E-state index in [1.807, 2.05) is 55.5 Å². The third-order valence-electron chi connectivity index (χ3n) is 5.00. The molecule has 0 aliphatic heterocycles. The summed E-state index contributed by atoms with van der Waals surface area (Å²) in [5, 5.41) is 11.1. The van der Waals surface area contributed by atoms with Crippen molar-refractivity contribution in [3.63, 3.8) is 0 Å². The molecule has 31 heavy (non-hydrogen) atoms. The molecule has 0 unspecified atom stereocenters. The minimum absolute atomic E-state index is 0.0396. The van der Waals surface area contributed by atoms with Gasteiger partial charge in [-0.05, 0) is 30.2 Å². The molecular formula is C23H27N5O3. The van der Waals surface area contributed by atoms with Gasteiger partial charge in [-0.15, -0.1) is 11.7 Å². The molecule has 3 rings (SSSR count). The number of para-hydroxylation sites is 1. The Balaban J connectivity index is 1.94. The summed E-state index contributed by atoms with van der Waals surface area (Å²) in [6.07, 6.45) is 1.62. The maximum atomic E-state index is 13.4. The second-order valence-corrected chi connectivity index (χ2v) is 7.11. The van der Waals surface area contributed by atoms with Crippen molar-refractivity contribution in [3.8, 4) is 0 Å². The van der Waals surface area contributed by atoms with E-state index in [-0.39, 0.29) is 24.9 Å². The third-order valence-corrected chi connectivity index (χ3v) is 5.00. The highest BCUT2D eigenvalue weighted by molar-refractivity contribution is 5.89. The molecule has 2 amide bonds. The summed E-state index contributed by atoms with van der Waals surface area (Å²) in [6, 6.07) is 14.2. The number of aromatic nitrogens is 3. The highest BCUT2D eigenvalue weighted by Gasteiger charge is 2.32.